The molecular formula is C22H30N4O4. The van der Waals surface area contributed by atoms with Gasteiger partial charge in [0.05, 0.1) is 12.1 Å². The quantitative estimate of drug-likeness (QED) is 0.547. The van der Waals surface area contributed by atoms with Crippen LogP contribution in [0.25, 0.3) is 0 Å². The fourth-order valence-electron chi connectivity index (χ4n) is 2.79. The Morgan fingerprint density at radius 3 is 2.30 bits per heavy atom. The van der Waals surface area contributed by atoms with Crippen molar-refractivity contribution < 1.29 is 19.5 Å². The van der Waals surface area contributed by atoms with Gasteiger partial charge in [-0.1, -0.05) is 24.3 Å². The fourth-order valence-corrected chi connectivity index (χ4v) is 2.79. The number of benzene rings is 2. The number of nitrogens with zero attached hydrogens (tertiary/aromatic N) is 2. The number of amides is 2. The molecule has 0 unspecified atom stereocenters. The largest absolute Gasteiger partial charge is 0.444 e. The molecule has 0 fully saturated rings. The minimum Gasteiger partial charge on any atom is -0.444 e. The van der Waals surface area contributed by atoms with E-state index in [9.17, 15) is 9.59 Å². The minimum absolute atomic E-state index is 0.0323. The summed E-state index contributed by atoms with van der Waals surface area (Å²) in [5.74, 6) is -0.0323. The molecule has 0 aromatic heterocycles. The number of rotatable bonds is 9. The highest BCUT2D eigenvalue weighted by molar-refractivity contribution is 5.87. The molecule has 0 saturated carbocycles. The van der Waals surface area contributed by atoms with Gasteiger partial charge in [-0.05, 0) is 55.9 Å². The molecule has 8 nitrogen and oxygen atoms in total. The van der Waals surface area contributed by atoms with Gasteiger partial charge in [0.2, 0.25) is 5.91 Å². The van der Waals surface area contributed by atoms with Crippen molar-refractivity contribution in [1.29, 1.82) is 0 Å². The van der Waals surface area contributed by atoms with Gasteiger partial charge in [-0.25, -0.2) is 4.79 Å². The van der Waals surface area contributed by atoms with Gasteiger partial charge in [-0.2, -0.15) is 0 Å². The number of carbonyl (C=O) groups excluding carboxylic acids is 2. The molecule has 0 radical (unpaired) electrons. The predicted octanol–water partition coefficient (Wildman–Crippen LogP) is 2.79. The first-order valence-electron chi connectivity index (χ1n) is 9.70. The Morgan fingerprint density at radius 2 is 1.70 bits per heavy atom. The molecule has 0 saturated heterocycles. The molecule has 0 aliphatic heterocycles. The zero-order chi connectivity index (χ0) is 22.1. The van der Waals surface area contributed by atoms with Crippen molar-refractivity contribution in [2.75, 3.05) is 44.6 Å². The lowest BCUT2D eigenvalue weighted by Crippen LogP contribution is -2.32. The molecule has 0 atom stereocenters. The first-order chi connectivity index (χ1) is 14.3. The summed E-state index contributed by atoms with van der Waals surface area (Å²) in [5, 5.41) is 11.9. The van der Waals surface area contributed by atoms with Gasteiger partial charge >= 0.3 is 6.09 Å². The van der Waals surface area contributed by atoms with Gasteiger partial charge in [0.25, 0.3) is 0 Å². The summed E-state index contributed by atoms with van der Waals surface area (Å²) in [5.41, 5.74) is 5.94. The van der Waals surface area contributed by atoms with Crippen LogP contribution < -0.4 is 15.7 Å². The smallest absolute Gasteiger partial charge is 0.414 e. The Hall–Kier alpha value is -3.10. The van der Waals surface area contributed by atoms with Crippen LogP contribution in [0, 0.1) is 6.92 Å². The number of anilines is 2. The van der Waals surface area contributed by atoms with E-state index in [0.717, 1.165) is 23.2 Å². The highest BCUT2D eigenvalue weighted by Crippen LogP contribution is 2.18. The Morgan fingerprint density at radius 1 is 1.03 bits per heavy atom. The molecule has 3 N–H and O–H groups in total. The maximum absolute atomic E-state index is 12.3. The number of nitrogens with one attached hydrogen (secondary N) is 2. The molecule has 30 heavy (non-hydrogen) atoms. The third-order valence-electron chi connectivity index (χ3n) is 4.62. The molecule has 2 aromatic rings. The van der Waals surface area contributed by atoms with Gasteiger partial charge in [0.1, 0.15) is 6.61 Å². The van der Waals surface area contributed by atoms with Crippen molar-refractivity contribution in [2.45, 2.75) is 20.0 Å². The van der Waals surface area contributed by atoms with Crippen LogP contribution in [0.1, 0.15) is 16.7 Å². The summed E-state index contributed by atoms with van der Waals surface area (Å²) in [7, 11) is 5.55. The van der Waals surface area contributed by atoms with Crippen molar-refractivity contribution >= 4 is 23.4 Å². The topological polar surface area (TPSA) is 94.1 Å². The second-order valence-corrected chi connectivity index (χ2v) is 7.37. The summed E-state index contributed by atoms with van der Waals surface area (Å²) in [4.78, 5) is 27.7. The molecule has 2 aromatic carbocycles. The summed E-state index contributed by atoms with van der Waals surface area (Å²) < 4.78 is 5.37. The predicted molar refractivity (Wildman–Crippen MR) is 117 cm³/mol. The highest BCUT2D eigenvalue weighted by atomic mass is 16.6. The third kappa shape index (κ3) is 7.06. The number of likely N-dealkylation sites (N-methyl/N-ethyl adjacent to an activating group) is 1. The van der Waals surface area contributed by atoms with Crippen molar-refractivity contribution in [3.63, 3.8) is 0 Å². The Kier molecular flexibility index (Phi) is 8.64. The summed E-state index contributed by atoms with van der Waals surface area (Å²) >= 11 is 0. The van der Waals surface area contributed by atoms with Crippen LogP contribution in [0.5, 0.6) is 0 Å². The van der Waals surface area contributed by atoms with Gasteiger partial charge in [-0.15, -0.1) is 0 Å². The zero-order valence-electron chi connectivity index (χ0n) is 17.9. The average Bonchev–Trinajstić information content (AvgIpc) is 2.71. The Labute approximate surface area is 177 Å². The minimum atomic E-state index is -0.480. The van der Waals surface area contributed by atoms with Crippen LogP contribution in [-0.4, -0.2) is 56.3 Å². The molecule has 0 heterocycles. The molecule has 2 rings (SSSR count). The van der Waals surface area contributed by atoms with Crippen molar-refractivity contribution in [3.8, 4) is 0 Å². The van der Waals surface area contributed by atoms with E-state index < -0.39 is 6.09 Å². The monoisotopic (exact) mass is 414 g/mol. The first kappa shape index (κ1) is 23.2. The van der Waals surface area contributed by atoms with Crippen molar-refractivity contribution in [3.05, 3.63) is 59.2 Å². The van der Waals surface area contributed by atoms with Crippen molar-refractivity contribution in [1.82, 2.24) is 10.2 Å². The van der Waals surface area contributed by atoms with Gasteiger partial charge in [-0.3, -0.25) is 20.4 Å². The molecule has 162 valence electrons. The molecule has 0 spiro atoms. The SMILES string of the molecule is Cc1cc(COC(=O)N(C)c2ccc(CC(=O)NCCN(C)C)cc2)ccc1NO. The van der Waals surface area contributed by atoms with Crippen LogP contribution in [0.2, 0.25) is 0 Å². The molecule has 2 amide bonds. The first-order valence-corrected chi connectivity index (χ1v) is 9.70. The Balaban J connectivity index is 1.85. The lowest BCUT2D eigenvalue weighted by Gasteiger charge is -2.18. The van der Waals surface area contributed by atoms with Crippen LogP contribution >= 0.6 is 0 Å². The van der Waals surface area contributed by atoms with Gasteiger partial charge < -0.3 is 15.0 Å². The van der Waals surface area contributed by atoms with E-state index in [4.69, 9.17) is 9.94 Å². The van der Waals surface area contributed by atoms with Gasteiger partial charge in [0.15, 0.2) is 0 Å². The number of ether oxygens (including phenoxy) is 1. The lowest BCUT2D eigenvalue weighted by atomic mass is 10.1. The summed E-state index contributed by atoms with van der Waals surface area (Å²) in [6.45, 7) is 3.37. The third-order valence-corrected chi connectivity index (χ3v) is 4.62. The fraction of sp³-hybridized carbons (Fsp3) is 0.364. The van der Waals surface area contributed by atoms with E-state index in [1.807, 2.05) is 44.1 Å². The number of hydrogen-bond acceptors (Lipinski definition) is 6. The second kappa shape index (κ2) is 11.2. The van der Waals surface area contributed by atoms with Crippen LogP contribution in [0.15, 0.2) is 42.5 Å². The molecule has 0 aliphatic rings. The van der Waals surface area contributed by atoms with E-state index in [2.05, 4.69) is 10.8 Å². The average molecular weight is 415 g/mol. The van der Waals surface area contributed by atoms with E-state index in [1.165, 1.54) is 4.90 Å². The van der Waals surface area contributed by atoms with Crippen LogP contribution in [0.4, 0.5) is 16.2 Å². The maximum atomic E-state index is 12.3. The molecular weight excluding hydrogens is 384 g/mol. The zero-order valence-corrected chi connectivity index (χ0v) is 17.9. The number of hydrogen-bond donors (Lipinski definition) is 3. The molecule has 0 aliphatic carbocycles. The van der Waals surface area contributed by atoms with Crippen LogP contribution in [0.3, 0.4) is 0 Å². The van der Waals surface area contributed by atoms with E-state index in [0.29, 0.717) is 24.3 Å². The summed E-state index contributed by atoms with van der Waals surface area (Å²) in [6, 6.07) is 12.6. The number of carbonyl (C=O) groups is 2. The van der Waals surface area contributed by atoms with Crippen LogP contribution in [-0.2, 0) is 22.6 Å². The normalized spacial score (nSPS) is 10.6. The standard InChI is InChI=1S/C22H30N4O4/c1-16-13-18(7-10-20(16)24-29)15-30-22(28)26(4)19-8-5-17(6-9-19)14-21(27)23-11-12-25(2)3/h5-10,13,24,29H,11-12,14-15H2,1-4H3,(H,23,27). The lowest BCUT2D eigenvalue weighted by molar-refractivity contribution is -0.120. The number of aryl methyl sites for hydroxylation is 1. The molecule has 0 bridgehead atoms. The summed E-state index contributed by atoms with van der Waals surface area (Å²) in [6.07, 6.45) is -0.189. The van der Waals surface area contributed by atoms with E-state index in [1.54, 1.807) is 31.3 Å². The maximum Gasteiger partial charge on any atom is 0.414 e. The second-order valence-electron chi connectivity index (χ2n) is 7.37. The van der Waals surface area contributed by atoms with Crippen molar-refractivity contribution in [2.24, 2.45) is 0 Å². The van der Waals surface area contributed by atoms with E-state index in [-0.39, 0.29) is 12.5 Å². The highest BCUT2D eigenvalue weighted by Gasteiger charge is 2.13. The van der Waals surface area contributed by atoms with E-state index >= 15 is 0 Å². The molecule has 8 heteroatoms. The Bertz CT molecular complexity index is 853. The van der Waals surface area contributed by atoms with Gasteiger partial charge in [0, 0.05) is 25.8 Å².